The molecule has 0 rings (SSSR count). The van der Waals surface area contributed by atoms with E-state index >= 15 is 4.80 Å². The van der Waals surface area contributed by atoms with Gasteiger partial charge in [-0.25, -0.2) is 0 Å². The third kappa shape index (κ3) is 24.4. The van der Waals surface area contributed by atoms with Gasteiger partial charge in [0.2, 0.25) is 8.32 Å². The molecule has 0 heterocycles. The molecule has 0 aliphatic carbocycles. The Morgan fingerprint density at radius 2 is 0.455 bits per heavy atom. The first-order valence-corrected chi connectivity index (χ1v) is 23.3. The van der Waals surface area contributed by atoms with Crippen molar-refractivity contribution >= 4 is 8.32 Å². The summed E-state index contributed by atoms with van der Waals surface area (Å²) in [6.45, 7) is 14.1. The minimum Gasteiger partial charge on any atom is -0.296 e. The van der Waals surface area contributed by atoms with Crippen LogP contribution in [0.3, 0.4) is 0 Å². The highest BCUT2D eigenvalue weighted by Crippen LogP contribution is 2.47. The summed E-state index contributed by atoms with van der Waals surface area (Å²) in [5, 5.41) is 0. The van der Waals surface area contributed by atoms with Gasteiger partial charge in [-0.05, 0) is 16.6 Å². The molecule has 0 aliphatic rings. The van der Waals surface area contributed by atoms with E-state index in [1.165, 1.54) is 212 Å². The van der Waals surface area contributed by atoms with E-state index in [0.717, 1.165) is 0 Å². The van der Waals surface area contributed by atoms with Crippen molar-refractivity contribution in [2.45, 2.75) is 270 Å². The molecule has 0 bridgehead atoms. The molecule has 3 unspecified atom stereocenters. The van der Waals surface area contributed by atoms with Gasteiger partial charge >= 0.3 is 0 Å². The van der Waals surface area contributed by atoms with Crippen molar-refractivity contribution in [3.05, 3.63) is 0 Å². The lowest BCUT2D eigenvalue weighted by molar-refractivity contribution is 0.346. The number of hydrogen-bond acceptors (Lipinski definition) is 0. The Kier molecular flexibility index (Phi) is 33.2. The highest BCUT2D eigenvalue weighted by molar-refractivity contribution is 6.76. The average molecular weight is 636 g/mol. The third-order valence-corrected chi connectivity index (χ3v) is 16.8. The van der Waals surface area contributed by atoms with Crippen LogP contribution in [0.2, 0.25) is 16.6 Å². The Morgan fingerprint density at radius 3 is 0.636 bits per heavy atom. The fraction of sp³-hybridized carbons (Fsp3) is 1.00. The highest BCUT2D eigenvalue weighted by Gasteiger charge is 2.48. The lowest BCUT2D eigenvalue weighted by atomic mass is 10.1. The predicted molar refractivity (Wildman–Crippen MR) is 204 cm³/mol. The van der Waals surface area contributed by atoms with Crippen LogP contribution in [0.4, 0.5) is 0 Å². The van der Waals surface area contributed by atoms with Gasteiger partial charge in [-0.1, -0.05) is 253 Å². The van der Waals surface area contributed by atoms with Crippen molar-refractivity contribution in [2.75, 3.05) is 0 Å². The molecule has 0 N–H and O–H groups in total. The van der Waals surface area contributed by atoms with E-state index in [0.29, 0.717) is 16.6 Å². The zero-order chi connectivity index (χ0) is 32.6. The zero-order valence-corrected chi connectivity index (χ0v) is 33.0. The molecule has 2 heteroatoms. The van der Waals surface area contributed by atoms with Crippen LogP contribution in [0, 0.1) is 0 Å². The van der Waals surface area contributed by atoms with Gasteiger partial charge in [-0.3, -0.25) is 4.80 Å². The first kappa shape index (κ1) is 44.2. The fourth-order valence-electron chi connectivity index (χ4n) is 7.95. The first-order chi connectivity index (χ1) is 21.4. The summed E-state index contributed by atoms with van der Waals surface area (Å²) >= 11 is 0. The molecule has 0 saturated heterocycles. The van der Waals surface area contributed by atoms with Crippen molar-refractivity contribution in [3.63, 3.8) is 0 Å². The van der Waals surface area contributed by atoms with Crippen molar-refractivity contribution < 1.29 is 4.80 Å². The summed E-state index contributed by atoms with van der Waals surface area (Å²) in [5.74, 6) is 0. The van der Waals surface area contributed by atoms with Crippen LogP contribution in [0.15, 0.2) is 0 Å². The minimum absolute atomic E-state index is 0.438. The van der Waals surface area contributed by atoms with Gasteiger partial charge in [-0.15, -0.1) is 0 Å². The van der Waals surface area contributed by atoms with E-state index in [1.807, 2.05) is 0 Å². The maximum atomic E-state index is 15.0. The number of rotatable bonds is 36. The molecule has 0 aromatic heterocycles. The Hall–Kier alpha value is 0.177. The predicted octanol–water partition coefficient (Wildman–Crippen LogP) is 16.5. The Labute approximate surface area is 282 Å². The van der Waals surface area contributed by atoms with Gasteiger partial charge in [0, 0.05) is 0 Å². The van der Waals surface area contributed by atoms with Gasteiger partial charge in [0.25, 0.3) is 0 Å². The smallest absolute Gasteiger partial charge is 0.245 e. The molecule has 1 radical (unpaired) electrons. The second kappa shape index (κ2) is 33.1. The number of hydrogen-bond donors (Lipinski definition) is 0. The number of unbranched alkanes of at least 4 members (excludes halogenated alkanes) is 27. The molecule has 0 fully saturated rings. The molecule has 0 aliphatic heterocycles. The third-order valence-electron chi connectivity index (χ3n) is 11.3. The SMILES string of the molecule is CCCCCCCCCCCCC(C)[Si]([O])(C(C)CCCCCCCCCCCC)C(C)CCCCCCCCCCCC. The van der Waals surface area contributed by atoms with Gasteiger partial charge in [0.1, 0.15) is 0 Å². The minimum atomic E-state index is -2.59. The van der Waals surface area contributed by atoms with Crippen LogP contribution in [-0.2, 0) is 4.80 Å². The molecular formula is C42H87OSi. The van der Waals surface area contributed by atoms with Crippen molar-refractivity contribution in [1.82, 2.24) is 0 Å². The van der Waals surface area contributed by atoms with Crippen LogP contribution in [0.5, 0.6) is 0 Å². The molecule has 3 atom stereocenters. The summed E-state index contributed by atoms with van der Waals surface area (Å²) in [6, 6.07) is 0. The normalized spacial score (nSPS) is 15.3. The summed E-state index contributed by atoms with van der Waals surface area (Å²) in [6.07, 6.45) is 45.3. The Balaban J connectivity index is 4.57. The lowest BCUT2D eigenvalue weighted by Crippen LogP contribution is -2.46. The van der Waals surface area contributed by atoms with Gasteiger partial charge in [0.15, 0.2) is 0 Å². The van der Waals surface area contributed by atoms with Gasteiger partial charge < -0.3 is 0 Å². The highest BCUT2D eigenvalue weighted by atomic mass is 28.4. The van der Waals surface area contributed by atoms with E-state index < -0.39 is 8.32 Å². The topological polar surface area (TPSA) is 19.9 Å². The molecule has 1 nitrogen and oxygen atoms in total. The standard InChI is InChI=1S/C42H87OSi/c1-7-10-13-16-19-22-25-28-31-34-37-40(4)44(43,41(5)38-35-32-29-26-23-20-17-14-11-8-2)42(6)39-36-33-30-27-24-21-18-15-12-9-3/h40-42H,7-39H2,1-6H3. The molecular weight excluding hydrogens is 549 g/mol. The lowest BCUT2D eigenvalue weighted by Gasteiger charge is -2.39. The van der Waals surface area contributed by atoms with Gasteiger partial charge in [-0.2, -0.15) is 0 Å². The second-order valence-electron chi connectivity index (χ2n) is 15.5. The van der Waals surface area contributed by atoms with Crippen molar-refractivity contribution in [1.29, 1.82) is 0 Å². The molecule has 44 heavy (non-hydrogen) atoms. The maximum absolute atomic E-state index is 15.0. The quantitative estimate of drug-likeness (QED) is 0.0482. The maximum Gasteiger partial charge on any atom is 0.245 e. The van der Waals surface area contributed by atoms with Crippen molar-refractivity contribution in [3.8, 4) is 0 Å². The van der Waals surface area contributed by atoms with Crippen LogP contribution >= 0.6 is 0 Å². The van der Waals surface area contributed by atoms with E-state index in [-0.39, 0.29) is 0 Å². The van der Waals surface area contributed by atoms with E-state index in [2.05, 4.69) is 41.5 Å². The monoisotopic (exact) mass is 636 g/mol. The summed E-state index contributed by atoms with van der Waals surface area (Å²) in [5.41, 5.74) is 1.31. The fourth-order valence-corrected chi connectivity index (χ4v) is 12.8. The molecule has 0 aromatic rings. The zero-order valence-electron chi connectivity index (χ0n) is 32.0. The molecule has 0 aromatic carbocycles. The van der Waals surface area contributed by atoms with Crippen molar-refractivity contribution in [2.24, 2.45) is 0 Å². The molecule has 0 spiro atoms. The summed E-state index contributed by atoms with van der Waals surface area (Å²) in [7, 11) is -2.59. The molecule has 0 amide bonds. The second-order valence-corrected chi connectivity index (χ2v) is 20.1. The summed E-state index contributed by atoms with van der Waals surface area (Å²) < 4.78 is 0. The van der Waals surface area contributed by atoms with Crippen LogP contribution < -0.4 is 0 Å². The van der Waals surface area contributed by atoms with E-state index in [4.69, 9.17) is 0 Å². The van der Waals surface area contributed by atoms with Crippen LogP contribution in [0.1, 0.15) is 253 Å². The molecule has 0 saturated carbocycles. The Morgan fingerprint density at radius 1 is 0.295 bits per heavy atom. The Bertz CT molecular complexity index is 474. The molecule has 265 valence electrons. The summed E-state index contributed by atoms with van der Waals surface area (Å²) in [4.78, 5) is 15.0. The average Bonchev–Trinajstić information content (AvgIpc) is 3.02. The van der Waals surface area contributed by atoms with Crippen LogP contribution in [-0.4, -0.2) is 8.32 Å². The van der Waals surface area contributed by atoms with Gasteiger partial charge in [0.05, 0.1) is 0 Å². The first-order valence-electron chi connectivity index (χ1n) is 21.1. The van der Waals surface area contributed by atoms with E-state index in [9.17, 15) is 0 Å². The van der Waals surface area contributed by atoms with E-state index in [1.54, 1.807) is 0 Å². The largest absolute Gasteiger partial charge is 0.296 e. The van der Waals surface area contributed by atoms with Crippen LogP contribution in [0.25, 0.3) is 0 Å².